The Labute approximate surface area is 166 Å². The van der Waals surface area contributed by atoms with E-state index in [4.69, 9.17) is 14.6 Å². The summed E-state index contributed by atoms with van der Waals surface area (Å²) in [6, 6.07) is 13.8. The third-order valence-electron chi connectivity index (χ3n) is 3.92. The summed E-state index contributed by atoms with van der Waals surface area (Å²) < 4.78 is 10.4. The quantitative estimate of drug-likeness (QED) is 0.577. The Morgan fingerprint density at radius 1 is 1.10 bits per heavy atom. The van der Waals surface area contributed by atoms with Gasteiger partial charge in [-0.2, -0.15) is 5.26 Å². The minimum absolute atomic E-state index is 0.298. The van der Waals surface area contributed by atoms with Crippen LogP contribution in [0.5, 0.6) is 11.5 Å². The zero-order chi connectivity index (χ0) is 20.8. The fourth-order valence-electron chi connectivity index (χ4n) is 2.65. The number of carbonyl (C=O) groups is 1. The van der Waals surface area contributed by atoms with Crippen molar-refractivity contribution in [1.82, 2.24) is 9.97 Å². The van der Waals surface area contributed by atoms with Crippen LogP contribution < -0.4 is 20.1 Å². The molecule has 9 heteroatoms. The number of aromatic nitrogens is 2. The summed E-state index contributed by atoms with van der Waals surface area (Å²) in [5.41, 5.74) is 2.61. The second-order valence-electron chi connectivity index (χ2n) is 5.80. The summed E-state index contributed by atoms with van der Waals surface area (Å²) in [4.78, 5) is 19.6. The van der Waals surface area contributed by atoms with E-state index < -0.39 is 6.09 Å². The van der Waals surface area contributed by atoms with Gasteiger partial charge in [-0.1, -0.05) is 0 Å². The summed E-state index contributed by atoms with van der Waals surface area (Å²) in [6.45, 7) is 0. The fraction of sp³-hybridized carbons (Fsp3) is 0.100. The number of anilines is 3. The van der Waals surface area contributed by atoms with Crippen molar-refractivity contribution in [3.05, 3.63) is 54.2 Å². The SMILES string of the molecule is COc1cc(NC(=O)O)cc(Nc2nccc(-c3ccc(OC)c(C#N)c3)n2)c1. The molecule has 0 unspecified atom stereocenters. The number of nitriles is 1. The second kappa shape index (κ2) is 8.58. The van der Waals surface area contributed by atoms with Crippen molar-refractivity contribution in [3.8, 4) is 28.8 Å². The van der Waals surface area contributed by atoms with Gasteiger partial charge in [-0.3, -0.25) is 5.32 Å². The lowest BCUT2D eigenvalue weighted by Crippen LogP contribution is -2.08. The number of nitrogens with one attached hydrogen (secondary N) is 2. The van der Waals surface area contributed by atoms with Crippen LogP contribution in [0.1, 0.15) is 5.56 Å². The van der Waals surface area contributed by atoms with Crippen molar-refractivity contribution in [1.29, 1.82) is 5.26 Å². The number of amides is 1. The van der Waals surface area contributed by atoms with E-state index in [0.717, 1.165) is 5.56 Å². The van der Waals surface area contributed by atoms with Crippen LogP contribution in [0, 0.1) is 11.3 Å². The van der Waals surface area contributed by atoms with Crippen molar-refractivity contribution < 1.29 is 19.4 Å². The number of nitrogens with zero attached hydrogens (tertiary/aromatic N) is 3. The molecule has 0 atom stereocenters. The second-order valence-corrected chi connectivity index (χ2v) is 5.80. The topological polar surface area (TPSA) is 129 Å². The molecule has 3 rings (SSSR count). The third kappa shape index (κ3) is 4.70. The molecule has 0 spiro atoms. The van der Waals surface area contributed by atoms with Gasteiger partial charge < -0.3 is 19.9 Å². The van der Waals surface area contributed by atoms with Gasteiger partial charge >= 0.3 is 6.09 Å². The van der Waals surface area contributed by atoms with Gasteiger partial charge in [0.05, 0.1) is 25.5 Å². The smallest absolute Gasteiger partial charge is 0.409 e. The van der Waals surface area contributed by atoms with Gasteiger partial charge in [0.25, 0.3) is 0 Å². The van der Waals surface area contributed by atoms with Crippen LogP contribution in [0.15, 0.2) is 48.7 Å². The number of ether oxygens (including phenoxy) is 2. The molecule has 1 aromatic heterocycles. The molecular weight excluding hydrogens is 374 g/mol. The minimum Gasteiger partial charge on any atom is -0.497 e. The van der Waals surface area contributed by atoms with Gasteiger partial charge in [0.15, 0.2) is 0 Å². The Bertz CT molecular complexity index is 1090. The van der Waals surface area contributed by atoms with E-state index in [2.05, 4.69) is 26.7 Å². The van der Waals surface area contributed by atoms with Gasteiger partial charge in [-0.05, 0) is 30.3 Å². The molecule has 0 aliphatic heterocycles. The lowest BCUT2D eigenvalue weighted by molar-refractivity contribution is 0.209. The van der Waals surface area contributed by atoms with E-state index >= 15 is 0 Å². The van der Waals surface area contributed by atoms with E-state index in [1.54, 1.807) is 48.7 Å². The van der Waals surface area contributed by atoms with E-state index in [0.29, 0.717) is 40.1 Å². The van der Waals surface area contributed by atoms with Gasteiger partial charge in [0.2, 0.25) is 5.95 Å². The first kappa shape index (κ1) is 19.4. The number of carboxylic acid groups (broad SMARTS) is 1. The zero-order valence-corrected chi connectivity index (χ0v) is 15.6. The normalized spacial score (nSPS) is 9.97. The molecular formula is C20H17N5O4. The molecule has 2 aromatic carbocycles. The Hall–Kier alpha value is -4.32. The summed E-state index contributed by atoms with van der Waals surface area (Å²) in [5.74, 6) is 1.24. The van der Waals surface area contributed by atoms with Gasteiger partial charge in [0.1, 0.15) is 17.6 Å². The first-order valence-corrected chi connectivity index (χ1v) is 8.40. The number of hydrogen-bond acceptors (Lipinski definition) is 7. The lowest BCUT2D eigenvalue weighted by atomic mass is 10.1. The minimum atomic E-state index is -1.18. The molecule has 9 nitrogen and oxygen atoms in total. The summed E-state index contributed by atoms with van der Waals surface area (Å²) in [5, 5.41) is 23.5. The number of benzene rings is 2. The summed E-state index contributed by atoms with van der Waals surface area (Å²) in [6.07, 6.45) is 0.396. The summed E-state index contributed by atoms with van der Waals surface area (Å²) >= 11 is 0. The molecule has 1 heterocycles. The van der Waals surface area contributed by atoms with E-state index in [1.807, 2.05) is 0 Å². The largest absolute Gasteiger partial charge is 0.497 e. The molecule has 0 saturated carbocycles. The third-order valence-corrected chi connectivity index (χ3v) is 3.92. The Morgan fingerprint density at radius 2 is 1.90 bits per heavy atom. The van der Waals surface area contributed by atoms with Crippen LogP contribution in [-0.2, 0) is 0 Å². The Kier molecular flexibility index (Phi) is 5.75. The van der Waals surface area contributed by atoms with Crippen molar-refractivity contribution in [2.24, 2.45) is 0 Å². The maximum Gasteiger partial charge on any atom is 0.409 e. The van der Waals surface area contributed by atoms with Crippen LogP contribution in [-0.4, -0.2) is 35.4 Å². The number of hydrogen-bond donors (Lipinski definition) is 3. The molecule has 0 bridgehead atoms. The monoisotopic (exact) mass is 391 g/mol. The molecule has 29 heavy (non-hydrogen) atoms. The average Bonchev–Trinajstić information content (AvgIpc) is 2.72. The Morgan fingerprint density at radius 3 is 2.59 bits per heavy atom. The van der Waals surface area contributed by atoms with E-state index in [9.17, 15) is 10.1 Å². The highest BCUT2D eigenvalue weighted by Gasteiger charge is 2.09. The highest BCUT2D eigenvalue weighted by atomic mass is 16.5. The maximum atomic E-state index is 10.9. The molecule has 0 aliphatic rings. The van der Waals surface area contributed by atoms with E-state index in [1.165, 1.54) is 14.2 Å². The number of methoxy groups -OCH3 is 2. The van der Waals surface area contributed by atoms with Crippen LogP contribution in [0.2, 0.25) is 0 Å². The number of rotatable bonds is 6. The molecule has 1 amide bonds. The summed E-state index contributed by atoms with van der Waals surface area (Å²) in [7, 11) is 2.99. The van der Waals surface area contributed by atoms with Crippen LogP contribution in [0.3, 0.4) is 0 Å². The Balaban J connectivity index is 1.91. The molecule has 3 N–H and O–H groups in total. The zero-order valence-electron chi connectivity index (χ0n) is 15.6. The highest BCUT2D eigenvalue weighted by Crippen LogP contribution is 2.28. The van der Waals surface area contributed by atoms with Crippen LogP contribution in [0.4, 0.5) is 22.1 Å². The van der Waals surface area contributed by atoms with Crippen molar-refractivity contribution >= 4 is 23.4 Å². The van der Waals surface area contributed by atoms with Crippen LogP contribution >= 0.6 is 0 Å². The lowest BCUT2D eigenvalue weighted by Gasteiger charge is -2.11. The maximum absolute atomic E-state index is 10.9. The fourth-order valence-corrected chi connectivity index (χ4v) is 2.65. The standard InChI is InChI=1S/C20H17N5O4/c1-28-16-9-14(8-15(10-16)24-20(26)27)23-19-22-6-5-17(25-19)12-3-4-18(29-2)13(7-12)11-21/h3-10,24H,1-2H3,(H,26,27)(H,22,23,25). The molecule has 0 saturated heterocycles. The van der Waals surface area contributed by atoms with Gasteiger partial charge in [-0.15, -0.1) is 0 Å². The first-order valence-electron chi connectivity index (χ1n) is 8.40. The first-order chi connectivity index (χ1) is 14.0. The molecule has 0 aliphatic carbocycles. The van der Waals surface area contributed by atoms with Gasteiger partial charge in [-0.25, -0.2) is 14.8 Å². The average molecular weight is 391 g/mol. The molecule has 0 radical (unpaired) electrons. The predicted molar refractivity (Wildman–Crippen MR) is 107 cm³/mol. The van der Waals surface area contributed by atoms with Crippen molar-refractivity contribution in [3.63, 3.8) is 0 Å². The van der Waals surface area contributed by atoms with Crippen molar-refractivity contribution in [2.45, 2.75) is 0 Å². The molecule has 146 valence electrons. The molecule has 0 fully saturated rings. The van der Waals surface area contributed by atoms with Crippen LogP contribution in [0.25, 0.3) is 11.3 Å². The highest BCUT2D eigenvalue weighted by molar-refractivity contribution is 5.84. The van der Waals surface area contributed by atoms with Gasteiger partial charge in [0, 0.05) is 35.3 Å². The van der Waals surface area contributed by atoms with E-state index in [-0.39, 0.29) is 0 Å². The van der Waals surface area contributed by atoms with Crippen molar-refractivity contribution in [2.75, 3.05) is 24.9 Å². The predicted octanol–water partition coefficient (Wildman–Crippen LogP) is 3.87. The molecule has 3 aromatic rings.